The van der Waals surface area contributed by atoms with Crippen LogP contribution in [0.15, 0.2) is 87.9 Å². The largest absolute Gasteiger partial charge is 0.436 e. The van der Waals surface area contributed by atoms with E-state index in [1.807, 2.05) is 83.7 Å². The topological polar surface area (TPSA) is 43.9 Å². The molecule has 5 heteroatoms. The van der Waals surface area contributed by atoms with Crippen LogP contribution in [-0.4, -0.2) is 14.8 Å². The van der Waals surface area contributed by atoms with Gasteiger partial charge in [-0.05, 0) is 48.9 Å². The summed E-state index contributed by atoms with van der Waals surface area (Å²) in [6, 6.07) is 24.2. The first-order valence-corrected chi connectivity index (χ1v) is 9.75. The molecular formula is C23H16BrN3O. The zero-order valence-electron chi connectivity index (χ0n) is 15.1. The van der Waals surface area contributed by atoms with Crippen LogP contribution in [0.4, 0.5) is 0 Å². The number of aryl methyl sites for hydroxylation is 1. The number of nitrogens with zero attached hydrogens (tertiary/aromatic N) is 3. The van der Waals surface area contributed by atoms with E-state index in [0.717, 1.165) is 43.6 Å². The molecule has 3 aromatic carbocycles. The third-order valence-corrected chi connectivity index (χ3v) is 5.15. The fourth-order valence-electron chi connectivity index (χ4n) is 3.22. The standard InChI is InChI=1S/C23H16BrN3O/c1-15-7-12-21-20(13-15)25-23(28-21)19-14-27(18-5-3-2-4-6-18)26-22(19)16-8-10-17(24)11-9-16/h2-14H,1H3. The van der Waals surface area contributed by atoms with Gasteiger partial charge in [-0.3, -0.25) is 0 Å². The van der Waals surface area contributed by atoms with E-state index in [4.69, 9.17) is 14.5 Å². The molecule has 0 radical (unpaired) electrons. The fraction of sp³-hybridized carbons (Fsp3) is 0.0435. The van der Waals surface area contributed by atoms with Crippen molar-refractivity contribution in [1.29, 1.82) is 0 Å². The molecule has 0 N–H and O–H groups in total. The minimum absolute atomic E-state index is 0.570. The molecule has 2 heterocycles. The van der Waals surface area contributed by atoms with Crippen molar-refractivity contribution < 1.29 is 4.42 Å². The van der Waals surface area contributed by atoms with E-state index in [1.165, 1.54) is 0 Å². The smallest absolute Gasteiger partial charge is 0.231 e. The van der Waals surface area contributed by atoms with E-state index in [2.05, 4.69) is 22.9 Å². The summed E-state index contributed by atoms with van der Waals surface area (Å²) in [6.45, 7) is 2.05. The summed E-state index contributed by atoms with van der Waals surface area (Å²) >= 11 is 3.50. The number of hydrogen-bond acceptors (Lipinski definition) is 3. The van der Waals surface area contributed by atoms with Crippen molar-refractivity contribution >= 4 is 27.0 Å². The number of aromatic nitrogens is 3. The summed E-state index contributed by atoms with van der Waals surface area (Å²) in [7, 11) is 0. The van der Waals surface area contributed by atoms with Crippen LogP contribution in [0.5, 0.6) is 0 Å². The van der Waals surface area contributed by atoms with Crippen LogP contribution in [0.3, 0.4) is 0 Å². The van der Waals surface area contributed by atoms with Gasteiger partial charge in [0.15, 0.2) is 5.58 Å². The van der Waals surface area contributed by atoms with Crippen LogP contribution in [0.25, 0.3) is 39.5 Å². The molecule has 5 rings (SSSR count). The summed E-state index contributed by atoms with van der Waals surface area (Å²) in [5, 5.41) is 4.85. The van der Waals surface area contributed by atoms with Crippen LogP contribution < -0.4 is 0 Å². The Morgan fingerprint density at radius 3 is 2.50 bits per heavy atom. The van der Waals surface area contributed by atoms with Gasteiger partial charge in [-0.15, -0.1) is 0 Å². The van der Waals surface area contributed by atoms with E-state index >= 15 is 0 Å². The number of benzene rings is 3. The van der Waals surface area contributed by atoms with Crippen molar-refractivity contribution in [2.24, 2.45) is 0 Å². The van der Waals surface area contributed by atoms with Gasteiger partial charge in [0, 0.05) is 16.2 Å². The molecule has 0 unspecified atom stereocenters. The highest BCUT2D eigenvalue weighted by Gasteiger charge is 2.19. The number of oxazole rings is 1. The number of fused-ring (bicyclic) bond motifs is 1. The molecule has 0 aliphatic heterocycles. The molecular weight excluding hydrogens is 414 g/mol. The van der Waals surface area contributed by atoms with E-state index in [1.54, 1.807) is 0 Å². The first-order chi connectivity index (χ1) is 13.7. The first kappa shape index (κ1) is 17.0. The van der Waals surface area contributed by atoms with Gasteiger partial charge in [-0.1, -0.05) is 52.3 Å². The number of hydrogen-bond donors (Lipinski definition) is 0. The highest BCUT2D eigenvalue weighted by Crippen LogP contribution is 2.34. The van der Waals surface area contributed by atoms with Crippen molar-refractivity contribution in [3.05, 3.63) is 89.0 Å². The van der Waals surface area contributed by atoms with E-state index in [9.17, 15) is 0 Å². The molecule has 0 aliphatic rings. The van der Waals surface area contributed by atoms with Gasteiger partial charge in [0.25, 0.3) is 0 Å². The molecule has 0 saturated carbocycles. The highest BCUT2D eigenvalue weighted by atomic mass is 79.9. The lowest BCUT2D eigenvalue weighted by Crippen LogP contribution is -1.93. The Morgan fingerprint density at radius 1 is 0.929 bits per heavy atom. The summed E-state index contributed by atoms with van der Waals surface area (Å²) < 4.78 is 8.96. The lowest BCUT2D eigenvalue weighted by molar-refractivity contribution is 0.620. The van der Waals surface area contributed by atoms with Crippen LogP contribution in [-0.2, 0) is 0 Å². The van der Waals surface area contributed by atoms with Crippen LogP contribution >= 0.6 is 15.9 Å². The molecule has 0 amide bonds. The van der Waals surface area contributed by atoms with Gasteiger partial charge in [-0.2, -0.15) is 5.10 Å². The van der Waals surface area contributed by atoms with Crippen LogP contribution in [0, 0.1) is 6.92 Å². The number of halogens is 1. The zero-order chi connectivity index (χ0) is 19.1. The Labute approximate surface area is 170 Å². The second-order valence-corrected chi connectivity index (χ2v) is 7.58. The van der Waals surface area contributed by atoms with E-state index in [-0.39, 0.29) is 0 Å². The average Bonchev–Trinajstić information content (AvgIpc) is 3.33. The zero-order valence-corrected chi connectivity index (χ0v) is 16.7. The lowest BCUT2D eigenvalue weighted by Gasteiger charge is -2.01. The lowest BCUT2D eigenvalue weighted by atomic mass is 10.1. The Hall–Kier alpha value is -3.18. The third-order valence-electron chi connectivity index (χ3n) is 4.63. The predicted octanol–water partition coefficient (Wildman–Crippen LogP) is 6.42. The molecule has 0 spiro atoms. The van der Waals surface area contributed by atoms with Gasteiger partial charge in [0.05, 0.1) is 11.3 Å². The Bertz CT molecular complexity index is 1270. The molecule has 28 heavy (non-hydrogen) atoms. The van der Waals surface area contributed by atoms with Crippen molar-refractivity contribution in [2.45, 2.75) is 6.92 Å². The summed E-state index contributed by atoms with van der Waals surface area (Å²) in [5.74, 6) is 0.570. The maximum Gasteiger partial charge on any atom is 0.231 e. The van der Waals surface area contributed by atoms with Crippen LogP contribution in [0.2, 0.25) is 0 Å². The second-order valence-electron chi connectivity index (χ2n) is 6.67. The Kier molecular flexibility index (Phi) is 4.10. The van der Waals surface area contributed by atoms with Gasteiger partial charge in [-0.25, -0.2) is 9.67 Å². The number of para-hydroxylation sites is 1. The minimum Gasteiger partial charge on any atom is -0.436 e. The molecule has 136 valence electrons. The molecule has 0 atom stereocenters. The molecule has 0 saturated heterocycles. The fourth-order valence-corrected chi connectivity index (χ4v) is 3.48. The molecule has 4 nitrogen and oxygen atoms in total. The molecule has 0 fully saturated rings. The van der Waals surface area contributed by atoms with Gasteiger partial charge in [0.1, 0.15) is 11.2 Å². The molecule has 5 aromatic rings. The first-order valence-electron chi connectivity index (χ1n) is 8.96. The summed E-state index contributed by atoms with van der Waals surface area (Å²) in [5.41, 5.74) is 6.46. The second kappa shape index (κ2) is 6.77. The quantitative estimate of drug-likeness (QED) is 0.332. The van der Waals surface area contributed by atoms with Crippen molar-refractivity contribution in [3.8, 4) is 28.4 Å². The molecule has 0 bridgehead atoms. The van der Waals surface area contributed by atoms with Crippen LogP contribution in [0.1, 0.15) is 5.56 Å². The van der Waals surface area contributed by atoms with Crippen molar-refractivity contribution in [2.75, 3.05) is 0 Å². The SMILES string of the molecule is Cc1ccc2oc(-c3cn(-c4ccccc4)nc3-c3ccc(Br)cc3)nc2c1. The predicted molar refractivity (Wildman–Crippen MR) is 114 cm³/mol. The Balaban J connectivity index is 1.72. The molecule has 2 aromatic heterocycles. The van der Waals surface area contributed by atoms with Crippen molar-refractivity contribution in [1.82, 2.24) is 14.8 Å². The molecule has 0 aliphatic carbocycles. The van der Waals surface area contributed by atoms with E-state index < -0.39 is 0 Å². The highest BCUT2D eigenvalue weighted by molar-refractivity contribution is 9.10. The van der Waals surface area contributed by atoms with Crippen molar-refractivity contribution in [3.63, 3.8) is 0 Å². The summed E-state index contributed by atoms with van der Waals surface area (Å²) in [4.78, 5) is 4.73. The van der Waals surface area contributed by atoms with Gasteiger partial charge in [0.2, 0.25) is 5.89 Å². The maximum absolute atomic E-state index is 6.07. The van der Waals surface area contributed by atoms with Gasteiger partial charge < -0.3 is 4.42 Å². The number of rotatable bonds is 3. The maximum atomic E-state index is 6.07. The monoisotopic (exact) mass is 429 g/mol. The van der Waals surface area contributed by atoms with Gasteiger partial charge >= 0.3 is 0 Å². The average molecular weight is 430 g/mol. The normalized spacial score (nSPS) is 11.2. The van der Waals surface area contributed by atoms with E-state index in [0.29, 0.717) is 5.89 Å². The summed E-state index contributed by atoms with van der Waals surface area (Å²) in [6.07, 6.45) is 1.98. The third kappa shape index (κ3) is 3.04. The minimum atomic E-state index is 0.570. The Morgan fingerprint density at radius 2 is 1.71 bits per heavy atom.